The van der Waals surface area contributed by atoms with Crippen LogP contribution in [0.1, 0.15) is 12.5 Å². The van der Waals surface area contributed by atoms with Crippen LogP contribution in [0.3, 0.4) is 0 Å². The van der Waals surface area contributed by atoms with Crippen LogP contribution < -0.4 is 11.1 Å². The molecule has 0 radical (unpaired) electrons. The molecule has 0 saturated heterocycles. The van der Waals surface area contributed by atoms with E-state index in [1.54, 1.807) is 6.92 Å². The maximum Gasteiger partial charge on any atom is 0.224 e. The predicted molar refractivity (Wildman–Crippen MR) is 70.7 cm³/mol. The Kier molecular flexibility index (Phi) is 5.57. The van der Waals surface area contributed by atoms with Crippen molar-refractivity contribution in [1.82, 2.24) is 5.32 Å². The van der Waals surface area contributed by atoms with E-state index in [-0.39, 0.29) is 41.2 Å². The highest BCUT2D eigenvalue weighted by molar-refractivity contribution is 6.31. The van der Waals surface area contributed by atoms with Crippen LogP contribution in [0, 0.1) is 11.7 Å². The first-order valence-corrected chi connectivity index (χ1v) is 6.00. The minimum absolute atomic E-state index is 0.0178. The minimum Gasteiger partial charge on any atom is -0.409 e. The van der Waals surface area contributed by atoms with Gasteiger partial charge in [0.15, 0.2) is 0 Å². The molecule has 1 atom stereocenters. The number of oxime groups is 1. The van der Waals surface area contributed by atoms with E-state index in [0.29, 0.717) is 0 Å². The van der Waals surface area contributed by atoms with Crippen LogP contribution >= 0.6 is 11.6 Å². The summed E-state index contributed by atoms with van der Waals surface area (Å²) < 4.78 is 13.5. The third-order valence-electron chi connectivity index (χ3n) is 2.62. The van der Waals surface area contributed by atoms with E-state index in [9.17, 15) is 9.18 Å². The van der Waals surface area contributed by atoms with Crippen molar-refractivity contribution in [2.24, 2.45) is 16.8 Å². The van der Waals surface area contributed by atoms with Crippen molar-refractivity contribution < 1.29 is 14.4 Å². The zero-order valence-electron chi connectivity index (χ0n) is 10.4. The Morgan fingerprint density at radius 1 is 1.63 bits per heavy atom. The first-order chi connectivity index (χ1) is 8.95. The molecule has 1 aromatic carbocycles. The maximum atomic E-state index is 13.5. The largest absolute Gasteiger partial charge is 0.409 e. The number of nitrogens with zero attached hydrogens (tertiary/aromatic N) is 1. The normalized spacial score (nSPS) is 13.1. The quantitative estimate of drug-likeness (QED) is 0.332. The summed E-state index contributed by atoms with van der Waals surface area (Å²) in [5, 5.41) is 14.1. The molecule has 0 saturated carbocycles. The van der Waals surface area contributed by atoms with Gasteiger partial charge >= 0.3 is 0 Å². The molecule has 104 valence electrons. The van der Waals surface area contributed by atoms with Crippen LogP contribution in [-0.4, -0.2) is 23.5 Å². The van der Waals surface area contributed by atoms with Gasteiger partial charge in [0.25, 0.3) is 0 Å². The fraction of sp³-hybridized carbons (Fsp3) is 0.333. The van der Waals surface area contributed by atoms with Gasteiger partial charge in [0, 0.05) is 23.0 Å². The Labute approximate surface area is 115 Å². The molecule has 0 aliphatic rings. The number of amides is 1. The molecule has 19 heavy (non-hydrogen) atoms. The second-order valence-corrected chi connectivity index (χ2v) is 4.51. The monoisotopic (exact) mass is 287 g/mol. The number of carbonyl (C=O) groups is 1. The van der Waals surface area contributed by atoms with Crippen molar-refractivity contribution in [1.29, 1.82) is 0 Å². The molecule has 0 aliphatic carbocycles. The number of carbonyl (C=O) groups excluding carboxylic acids is 1. The average molecular weight is 288 g/mol. The Hall–Kier alpha value is -1.82. The van der Waals surface area contributed by atoms with Crippen LogP contribution in [0.2, 0.25) is 5.02 Å². The standard InChI is InChI=1S/C12H15ClFN3O2/c1-7(12(15)17-19)6-16-11(18)5-8-9(13)3-2-4-10(8)14/h2-4,7,19H,5-6H2,1H3,(H2,15,17)(H,16,18). The molecule has 1 amide bonds. The molecule has 0 fully saturated rings. The van der Waals surface area contributed by atoms with Crippen molar-refractivity contribution in [3.05, 3.63) is 34.6 Å². The fourth-order valence-electron chi connectivity index (χ4n) is 1.39. The van der Waals surface area contributed by atoms with Gasteiger partial charge < -0.3 is 16.3 Å². The van der Waals surface area contributed by atoms with Gasteiger partial charge in [0.05, 0.1) is 6.42 Å². The predicted octanol–water partition coefficient (Wildman–Crippen LogP) is 1.52. The van der Waals surface area contributed by atoms with Crippen LogP contribution in [0.15, 0.2) is 23.4 Å². The minimum atomic E-state index is -0.521. The topological polar surface area (TPSA) is 87.7 Å². The molecule has 0 bridgehead atoms. The van der Waals surface area contributed by atoms with E-state index >= 15 is 0 Å². The third-order valence-corrected chi connectivity index (χ3v) is 2.98. The molecule has 1 aromatic rings. The molecular formula is C12H15ClFN3O2. The van der Waals surface area contributed by atoms with E-state index in [1.165, 1.54) is 18.2 Å². The smallest absolute Gasteiger partial charge is 0.224 e. The molecule has 1 rings (SSSR count). The zero-order chi connectivity index (χ0) is 14.4. The Balaban J connectivity index is 2.57. The van der Waals surface area contributed by atoms with E-state index < -0.39 is 5.82 Å². The number of benzene rings is 1. The second kappa shape index (κ2) is 6.94. The molecule has 1 unspecified atom stereocenters. The van der Waals surface area contributed by atoms with Crippen LogP contribution in [0.4, 0.5) is 4.39 Å². The van der Waals surface area contributed by atoms with Crippen molar-refractivity contribution in [3.8, 4) is 0 Å². The summed E-state index contributed by atoms with van der Waals surface area (Å²) in [6, 6.07) is 4.24. The average Bonchev–Trinajstić information content (AvgIpc) is 2.39. The highest BCUT2D eigenvalue weighted by Gasteiger charge is 2.13. The van der Waals surface area contributed by atoms with E-state index in [4.69, 9.17) is 22.5 Å². The number of rotatable bonds is 5. The van der Waals surface area contributed by atoms with E-state index in [2.05, 4.69) is 10.5 Å². The fourth-order valence-corrected chi connectivity index (χ4v) is 1.62. The molecule has 0 aliphatic heterocycles. The molecule has 7 heteroatoms. The molecule has 4 N–H and O–H groups in total. The summed E-state index contributed by atoms with van der Waals surface area (Å²) in [7, 11) is 0. The van der Waals surface area contributed by atoms with Gasteiger partial charge in [-0.1, -0.05) is 29.7 Å². The number of halogens is 2. The zero-order valence-corrected chi connectivity index (χ0v) is 11.1. The van der Waals surface area contributed by atoms with E-state index in [0.717, 1.165) is 0 Å². The van der Waals surface area contributed by atoms with Crippen molar-refractivity contribution in [2.45, 2.75) is 13.3 Å². The number of hydrogen-bond donors (Lipinski definition) is 3. The molecule has 0 spiro atoms. The number of amidine groups is 1. The lowest BCUT2D eigenvalue weighted by molar-refractivity contribution is -0.120. The van der Waals surface area contributed by atoms with Crippen molar-refractivity contribution in [3.63, 3.8) is 0 Å². The Morgan fingerprint density at radius 2 is 2.32 bits per heavy atom. The highest BCUT2D eigenvalue weighted by atomic mass is 35.5. The first-order valence-electron chi connectivity index (χ1n) is 5.62. The van der Waals surface area contributed by atoms with Gasteiger partial charge in [0.1, 0.15) is 11.7 Å². The molecular weight excluding hydrogens is 273 g/mol. The molecule has 0 heterocycles. The maximum absolute atomic E-state index is 13.5. The molecule has 5 nitrogen and oxygen atoms in total. The van der Waals surface area contributed by atoms with Gasteiger partial charge in [-0.2, -0.15) is 0 Å². The summed E-state index contributed by atoms with van der Waals surface area (Å²) in [6.45, 7) is 1.88. The van der Waals surface area contributed by atoms with E-state index in [1.807, 2.05) is 0 Å². The molecule has 0 aromatic heterocycles. The number of hydrogen-bond acceptors (Lipinski definition) is 3. The van der Waals surface area contributed by atoms with Gasteiger partial charge in [-0.05, 0) is 12.1 Å². The van der Waals surface area contributed by atoms with Gasteiger partial charge in [-0.15, -0.1) is 0 Å². The lowest BCUT2D eigenvalue weighted by Gasteiger charge is -2.11. The lowest BCUT2D eigenvalue weighted by Crippen LogP contribution is -2.35. The lowest BCUT2D eigenvalue weighted by atomic mass is 10.1. The van der Waals surface area contributed by atoms with Crippen molar-refractivity contribution in [2.75, 3.05) is 6.54 Å². The van der Waals surface area contributed by atoms with Gasteiger partial charge in [0.2, 0.25) is 5.91 Å². The Bertz CT molecular complexity index is 474. The number of nitrogens with two attached hydrogens (primary N) is 1. The highest BCUT2D eigenvalue weighted by Crippen LogP contribution is 2.19. The SMILES string of the molecule is CC(CNC(=O)Cc1c(F)cccc1Cl)C(N)=NO. The van der Waals surface area contributed by atoms with Crippen LogP contribution in [0.5, 0.6) is 0 Å². The summed E-state index contributed by atoms with van der Waals surface area (Å²) in [5.41, 5.74) is 5.52. The van der Waals surface area contributed by atoms with Gasteiger partial charge in [-0.25, -0.2) is 4.39 Å². The van der Waals surface area contributed by atoms with Crippen LogP contribution in [-0.2, 0) is 11.2 Å². The Morgan fingerprint density at radius 3 is 2.89 bits per heavy atom. The second-order valence-electron chi connectivity index (χ2n) is 4.11. The summed E-state index contributed by atoms with van der Waals surface area (Å²) in [5.74, 6) is -1.20. The summed E-state index contributed by atoms with van der Waals surface area (Å²) >= 11 is 5.82. The summed E-state index contributed by atoms with van der Waals surface area (Å²) in [4.78, 5) is 11.7. The van der Waals surface area contributed by atoms with Crippen molar-refractivity contribution >= 4 is 23.3 Å². The third kappa shape index (κ3) is 4.40. The summed E-state index contributed by atoms with van der Waals surface area (Å²) in [6.07, 6.45) is -0.158. The first kappa shape index (κ1) is 15.2. The number of nitrogens with one attached hydrogen (secondary N) is 1. The van der Waals surface area contributed by atoms with Gasteiger partial charge in [-0.3, -0.25) is 4.79 Å². The van der Waals surface area contributed by atoms with Crippen LogP contribution in [0.25, 0.3) is 0 Å².